The lowest BCUT2D eigenvalue weighted by Crippen LogP contribution is -2.30. The van der Waals surface area contributed by atoms with Crippen molar-refractivity contribution < 1.29 is 9.59 Å². The molecule has 0 aliphatic heterocycles. The van der Waals surface area contributed by atoms with Gasteiger partial charge in [0.25, 0.3) is 11.8 Å². The molecule has 0 aliphatic carbocycles. The molecule has 1 aromatic carbocycles. The highest BCUT2D eigenvalue weighted by Crippen LogP contribution is 2.22. The van der Waals surface area contributed by atoms with Crippen LogP contribution in [0.1, 0.15) is 51.4 Å². The van der Waals surface area contributed by atoms with Crippen LogP contribution in [0.2, 0.25) is 0 Å². The largest absolute Gasteiger partial charge is 0.350 e. The van der Waals surface area contributed by atoms with Crippen LogP contribution in [0, 0.1) is 20.8 Å². The van der Waals surface area contributed by atoms with Gasteiger partial charge in [0.15, 0.2) is 0 Å². The first kappa shape index (κ1) is 17.7. The SMILES string of the molecule is Cc1cc(C)c(NC(=O)c2cc(C(=O)NC(C)C)ccn2)c(C)c1. The molecule has 0 atom stereocenters. The van der Waals surface area contributed by atoms with E-state index in [9.17, 15) is 9.59 Å². The van der Waals surface area contributed by atoms with Gasteiger partial charge < -0.3 is 10.6 Å². The number of amides is 2. The van der Waals surface area contributed by atoms with Gasteiger partial charge in [-0.05, 0) is 57.9 Å². The summed E-state index contributed by atoms with van der Waals surface area (Å²) in [5.74, 6) is -0.548. The summed E-state index contributed by atoms with van der Waals surface area (Å²) in [5.41, 5.74) is 4.55. The standard InChI is InChI=1S/C19H23N3O2/c1-11(2)21-18(23)15-6-7-20-16(10-15)19(24)22-17-13(4)8-12(3)9-14(17)5/h6-11H,1-5H3,(H,21,23)(H,22,24). The van der Waals surface area contributed by atoms with Crippen molar-refractivity contribution in [2.24, 2.45) is 0 Å². The number of rotatable bonds is 4. The van der Waals surface area contributed by atoms with Gasteiger partial charge in [-0.1, -0.05) is 17.7 Å². The number of carbonyl (C=O) groups excluding carboxylic acids is 2. The number of benzene rings is 1. The molecule has 5 heteroatoms. The molecule has 0 spiro atoms. The Labute approximate surface area is 142 Å². The van der Waals surface area contributed by atoms with Gasteiger partial charge >= 0.3 is 0 Å². The van der Waals surface area contributed by atoms with Crippen molar-refractivity contribution in [3.63, 3.8) is 0 Å². The van der Waals surface area contributed by atoms with Crippen LogP contribution >= 0.6 is 0 Å². The van der Waals surface area contributed by atoms with Crippen LogP contribution in [0.25, 0.3) is 0 Å². The number of pyridine rings is 1. The third kappa shape index (κ3) is 4.19. The van der Waals surface area contributed by atoms with Gasteiger partial charge in [0.2, 0.25) is 0 Å². The number of hydrogen-bond donors (Lipinski definition) is 2. The maximum atomic E-state index is 12.5. The summed E-state index contributed by atoms with van der Waals surface area (Å²) in [4.78, 5) is 28.6. The highest BCUT2D eigenvalue weighted by molar-refractivity contribution is 6.05. The van der Waals surface area contributed by atoms with Crippen LogP contribution in [-0.4, -0.2) is 22.8 Å². The Morgan fingerprint density at radius 3 is 2.21 bits per heavy atom. The number of anilines is 1. The molecule has 5 nitrogen and oxygen atoms in total. The minimum atomic E-state index is -0.329. The highest BCUT2D eigenvalue weighted by Gasteiger charge is 2.14. The third-order valence-corrected chi connectivity index (χ3v) is 3.59. The molecule has 0 saturated heterocycles. The first-order valence-electron chi connectivity index (χ1n) is 7.94. The van der Waals surface area contributed by atoms with E-state index in [1.807, 2.05) is 46.8 Å². The number of nitrogens with zero attached hydrogens (tertiary/aromatic N) is 1. The molecule has 0 fully saturated rings. The lowest BCUT2D eigenvalue weighted by Gasteiger charge is -2.13. The van der Waals surface area contributed by atoms with Crippen molar-refractivity contribution in [1.82, 2.24) is 10.3 Å². The molecule has 0 radical (unpaired) electrons. The van der Waals surface area contributed by atoms with E-state index >= 15 is 0 Å². The zero-order valence-corrected chi connectivity index (χ0v) is 14.7. The summed E-state index contributed by atoms with van der Waals surface area (Å²) in [5, 5.41) is 5.70. The normalized spacial score (nSPS) is 10.6. The van der Waals surface area contributed by atoms with Crippen molar-refractivity contribution in [2.75, 3.05) is 5.32 Å². The lowest BCUT2D eigenvalue weighted by atomic mass is 10.0. The number of nitrogens with one attached hydrogen (secondary N) is 2. The Morgan fingerprint density at radius 1 is 1.00 bits per heavy atom. The monoisotopic (exact) mass is 325 g/mol. The van der Waals surface area contributed by atoms with Crippen LogP contribution in [0.3, 0.4) is 0 Å². The fourth-order valence-corrected chi connectivity index (χ4v) is 2.60. The summed E-state index contributed by atoms with van der Waals surface area (Å²) in [6.45, 7) is 9.69. The minimum Gasteiger partial charge on any atom is -0.350 e. The van der Waals surface area contributed by atoms with Crippen molar-refractivity contribution in [3.8, 4) is 0 Å². The molecule has 2 amide bonds. The third-order valence-electron chi connectivity index (χ3n) is 3.59. The first-order valence-corrected chi connectivity index (χ1v) is 7.94. The van der Waals surface area contributed by atoms with Gasteiger partial charge in [-0.2, -0.15) is 0 Å². The van der Waals surface area contributed by atoms with Gasteiger partial charge in [0.05, 0.1) is 0 Å². The smallest absolute Gasteiger partial charge is 0.274 e. The van der Waals surface area contributed by atoms with Crippen LogP contribution in [0.4, 0.5) is 5.69 Å². The van der Waals surface area contributed by atoms with Crippen molar-refractivity contribution >= 4 is 17.5 Å². The number of hydrogen-bond acceptors (Lipinski definition) is 3. The lowest BCUT2D eigenvalue weighted by molar-refractivity contribution is 0.0943. The van der Waals surface area contributed by atoms with Crippen molar-refractivity contribution in [3.05, 3.63) is 58.4 Å². The molecule has 2 N–H and O–H groups in total. The van der Waals surface area contributed by atoms with E-state index in [4.69, 9.17) is 0 Å². The van der Waals surface area contributed by atoms with Crippen LogP contribution < -0.4 is 10.6 Å². The van der Waals surface area contributed by atoms with E-state index in [1.165, 1.54) is 12.3 Å². The Balaban J connectivity index is 2.24. The van der Waals surface area contributed by atoms with Gasteiger partial charge in [-0.3, -0.25) is 14.6 Å². The second-order valence-electron chi connectivity index (χ2n) is 6.29. The van der Waals surface area contributed by atoms with E-state index in [2.05, 4.69) is 15.6 Å². The Hall–Kier alpha value is -2.69. The van der Waals surface area contributed by atoms with Crippen LogP contribution in [-0.2, 0) is 0 Å². The molecule has 0 bridgehead atoms. The summed E-state index contributed by atoms with van der Waals surface area (Å²) in [6, 6.07) is 7.16. The Morgan fingerprint density at radius 2 is 1.62 bits per heavy atom. The van der Waals surface area contributed by atoms with Gasteiger partial charge in [0, 0.05) is 23.5 Å². The van der Waals surface area contributed by atoms with E-state index in [0.29, 0.717) is 5.56 Å². The quantitative estimate of drug-likeness (QED) is 0.905. The second kappa shape index (κ2) is 7.25. The summed E-state index contributed by atoms with van der Waals surface area (Å²) < 4.78 is 0. The second-order valence-corrected chi connectivity index (χ2v) is 6.29. The highest BCUT2D eigenvalue weighted by atomic mass is 16.2. The van der Waals surface area contributed by atoms with E-state index in [1.54, 1.807) is 6.07 Å². The Bertz CT molecular complexity index is 759. The van der Waals surface area contributed by atoms with Gasteiger partial charge in [-0.15, -0.1) is 0 Å². The zero-order chi connectivity index (χ0) is 17.9. The average molecular weight is 325 g/mol. The average Bonchev–Trinajstić information content (AvgIpc) is 2.50. The molecule has 0 saturated carbocycles. The van der Waals surface area contributed by atoms with E-state index in [0.717, 1.165) is 22.4 Å². The van der Waals surface area contributed by atoms with Crippen molar-refractivity contribution in [2.45, 2.75) is 40.7 Å². The molecule has 1 heterocycles. The predicted octanol–water partition coefficient (Wildman–Crippen LogP) is 3.40. The molecule has 0 unspecified atom stereocenters. The molecule has 1 aromatic heterocycles. The molecule has 24 heavy (non-hydrogen) atoms. The van der Waals surface area contributed by atoms with Gasteiger partial charge in [-0.25, -0.2) is 0 Å². The minimum absolute atomic E-state index is 0.0285. The fourth-order valence-electron chi connectivity index (χ4n) is 2.60. The molecular formula is C19H23N3O2. The summed E-state index contributed by atoms with van der Waals surface area (Å²) in [6.07, 6.45) is 1.47. The Kier molecular flexibility index (Phi) is 5.34. The fraction of sp³-hybridized carbons (Fsp3) is 0.316. The number of carbonyl (C=O) groups is 2. The number of aryl methyl sites for hydroxylation is 3. The van der Waals surface area contributed by atoms with Crippen molar-refractivity contribution in [1.29, 1.82) is 0 Å². The topological polar surface area (TPSA) is 71.1 Å². The van der Waals surface area contributed by atoms with E-state index < -0.39 is 0 Å². The maximum absolute atomic E-state index is 12.5. The summed E-state index contributed by atoms with van der Waals surface area (Å²) >= 11 is 0. The van der Waals surface area contributed by atoms with Gasteiger partial charge in [0.1, 0.15) is 5.69 Å². The zero-order valence-electron chi connectivity index (χ0n) is 14.7. The molecule has 2 aromatic rings. The number of aromatic nitrogens is 1. The predicted molar refractivity (Wildman–Crippen MR) is 95.4 cm³/mol. The first-order chi connectivity index (χ1) is 11.3. The van der Waals surface area contributed by atoms with Crippen LogP contribution in [0.15, 0.2) is 30.5 Å². The maximum Gasteiger partial charge on any atom is 0.274 e. The molecule has 0 aliphatic rings. The van der Waals surface area contributed by atoms with E-state index in [-0.39, 0.29) is 23.6 Å². The summed E-state index contributed by atoms with van der Waals surface area (Å²) in [7, 11) is 0. The molecule has 2 rings (SSSR count). The molecular weight excluding hydrogens is 302 g/mol. The van der Waals surface area contributed by atoms with Crippen LogP contribution in [0.5, 0.6) is 0 Å². The molecule has 126 valence electrons.